The van der Waals surface area contributed by atoms with E-state index in [0.29, 0.717) is 0 Å². The van der Waals surface area contributed by atoms with Crippen LogP contribution in [0.15, 0.2) is 0 Å². The third-order valence-corrected chi connectivity index (χ3v) is 15.5. The molecule has 6 unspecified atom stereocenters. The van der Waals surface area contributed by atoms with Gasteiger partial charge in [0.1, 0.15) is 12.2 Å². The fourth-order valence-electron chi connectivity index (χ4n) is 5.11. The standard InChI is InChI=1S/C35H44I6N6O16/c1-11(54)29(58)46-27-23(38)17(21(36)19(25(27)40)33(62)44-13(3-48)15(56)5-50)31(60)42-7-35(9-52,10-53)8-43-32(61)18-22(37)20(34(63)45-14(4-49)16(57)6-51)26(41)28(24(18)39)47-30(59)12(2)55/h11-16,48-57H,3-10H2,1-2H3,(H,42,60)(H,43,61)(H,44,62)(H,45,63)(H,46,58)(H,47,59). The van der Waals surface area contributed by atoms with Crippen LogP contribution in [0.25, 0.3) is 0 Å². The van der Waals surface area contributed by atoms with Crippen LogP contribution in [0.3, 0.4) is 0 Å². The number of nitrogens with one attached hydrogen (secondary N) is 6. The summed E-state index contributed by atoms with van der Waals surface area (Å²) in [5, 5.41) is 114. The molecule has 6 amide bonds. The molecule has 352 valence electrons. The molecule has 0 saturated carbocycles. The number of amides is 6. The number of aliphatic hydroxyl groups excluding tert-OH is 10. The molecule has 0 aliphatic rings. The first-order chi connectivity index (χ1) is 29.4. The van der Waals surface area contributed by atoms with Gasteiger partial charge in [-0.1, -0.05) is 0 Å². The van der Waals surface area contributed by atoms with Gasteiger partial charge in [0.15, 0.2) is 0 Å². The largest absolute Gasteiger partial charge is 0.396 e. The minimum absolute atomic E-state index is 0.00546. The summed E-state index contributed by atoms with van der Waals surface area (Å²) in [5.74, 6) is -5.47. The van der Waals surface area contributed by atoms with Crippen LogP contribution >= 0.6 is 136 Å². The molecule has 0 radical (unpaired) electrons. The highest BCUT2D eigenvalue weighted by Gasteiger charge is 2.36. The molecule has 63 heavy (non-hydrogen) atoms. The number of rotatable bonds is 22. The lowest BCUT2D eigenvalue weighted by Gasteiger charge is -2.31. The molecule has 2 aromatic rings. The molecule has 16 N–H and O–H groups in total. The Morgan fingerprint density at radius 2 is 0.762 bits per heavy atom. The summed E-state index contributed by atoms with van der Waals surface area (Å²) in [6.07, 6.45) is -6.20. The third-order valence-electron chi connectivity index (χ3n) is 9.05. The molecule has 0 aliphatic heterocycles. The van der Waals surface area contributed by atoms with Crippen molar-refractivity contribution in [1.29, 1.82) is 0 Å². The van der Waals surface area contributed by atoms with Crippen LogP contribution in [0.2, 0.25) is 0 Å². The highest BCUT2D eigenvalue weighted by molar-refractivity contribution is 14.1. The number of hydrogen-bond donors (Lipinski definition) is 16. The Hall–Kier alpha value is -0.760. The van der Waals surface area contributed by atoms with Crippen molar-refractivity contribution in [3.63, 3.8) is 0 Å². The van der Waals surface area contributed by atoms with E-state index in [1.165, 1.54) is 13.8 Å². The summed E-state index contributed by atoms with van der Waals surface area (Å²) >= 11 is 10.3. The monoisotopic (exact) mass is 1570 g/mol. The topological polar surface area (TPSA) is 377 Å². The van der Waals surface area contributed by atoms with Gasteiger partial charge in [0, 0.05) is 20.2 Å². The van der Waals surface area contributed by atoms with E-state index in [-0.39, 0.29) is 55.0 Å². The van der Waals surface area contributed by atoms with Gasteiger partial charge in [-0.3, -0.25) is 28.8 Å². The average Bonchev–Trinajstić information content (AvgIpc) is 3.24. The van der Waals surface area contributed by atoms with Crippen LogP contribution in [-0.2, 0) is 9.59 Å². The highest BCUT2D eigenvalue weighted by Crippen LogP contribution is 2.38. The van der Waals surface area contributed by atoms with E-state index >= 15 is 0 Å². The SMILES string of the molecule is CC(O)C(=O)Nc1c(I)c(C(=O)NCC(CO)(CO)CNC(=O)c2c(I)c(NC(=O)C(C)O)c(I)c(C(=O)NC(CO)C(O)CO)c2I)c(I)c(C(=O)NC(CO)C(O)CO)c1I. The first-order valence-electron chi connectivity index (χ1n) is 18.0. The minimum Gasteiger partial charge on any atom is -0.396 e. The second-order valence-corrected chi connectivity index (χ2v) is 20.1. The van der Waals surface area contributed by atoms with E-state index in [4.69, 9.17) is 0 Å². The predicted molar refractivity (Wildman–Crippen MR) is 274 cm³/mol. The first kappa shape index (κ1) is 58.4. The predicted octanol–water partition coefficient (Wildman–Crippen LogP) is -2.03. The normalized spacial score (nSPS) is 14.4. The van der Waals surface area contributed by atoms with Crippen molar-refractivity contribution in [1.82, 2.24) is 21.3 Å². The second-order valence-electron chi connectivity index (χ2n) is 13.7. The van der Waals surface area contributed by atoms with Crippen LogP contribution in [0.5, 0.6) is 0 Å². The lowest BCUT2D eigenvalue weighted by molar-refractivity contribution is -0.123. The zero-order valence-corrected chi connectivity index (χ0v) is 45.8. The van der Waals surface area contributed by atoms with Crippen molar-refractivity contribution in [2.45, 2.75) is 50.3 Å². The molecule has 22 nitrogen and oxygen atoms in total. The van der Waals surface area contributed by atoms with Gasteiger partial charge in [0.25, 0.3) is 35.4 Å². The molecular weight excluding hydrogens is 1520 g/mol. The van der Waals surface area contributed by atoms with Crippen LogP contribution in [-0.4, -0.2) is 176 Å². The van der Waals surface area contributed by atoms with E-state index in [9.17, 15) is 79.8 Å². The maximum absolute atomic E-state index is 14.1. The van der Waals surface area contributed by atoms with Crippen molar-refractivity contribution in [2.24, 2.45) is 5.41 Å². The minimum atomic E-state index is -1.71. The number of anilines is 2. The number of hydrogen-bond acceptors (Lipinski definition) is 16. The van der Waals surface area contributed by atoms with Crippen molar-refractivity contribution in [3.05, 3.63) is 43.7 Å². The van der Waals surface area contributed by atoms with Crippen molar-refractivity contribution in [2.75, 3.05) is 63.4 Å². The molecular formula is C35H44I6N6O16. The maximum Gasteiger partial charge on any atom is 0.253 e. The Morgan fingerprint density at radius 3 is 1.00 bits per heavy atom. The fourth-order valence-corrected chi connectivity index (χ4v) is 13.9. The van der Waals surface area contributed by atoms with Crippen molar-refractivity contribution < 1.29 is 79.8 Å². The summed E-state index contributed by atoms with van der Waals surface area (Å²) in [4.78, 5) is 80.6. The number of halogens is 6. The van der Waals surface area contributed by atoms with Gasteiger partial charge in [-0.05, 0) is 149 Å². The molecule has 0 aliphatic carbocycles. The van der Waals surface area contributed by atoms with Gasteiger partial charge in [-0.15, -0.1) is 0 Å². The quantitative estimate of drug-likeness (QED) is 0.0566. The number of aliphatic hydroxyl groups is 10. The Morgan fingerprint density at radius 1 is 0.476 bits per heavy atom. The van der Waals surface area contributed by atoms with E-state index in [1.54, 1.807) is 136 Å². The van der Waals surface area contributed by atoms with Gasteiger partial charge in [-0.2, -0.15) is 0 Å². The van der Waals surface area contributed by atoms with Crippen LogP contribution in [0.4, 0.5) is 11.4 Å². The van der Waals surface area contributed by atoms with Crippen LogP contribution < -0.4 is 31.9 Å². The maximum atomic E-state index is 14.1. The molecule has 0 saturated heterocycles. The molecule has 28 heteroatoms. The first-order valence-corrected chi connectivity index (χ1v) is 24.5. The van der Waals surface area contributed by atoms with Gasteiger partial charge < -0.3 is 83.0 Å². The van der Waals surface area contributed by atoms with E-state index in [1.807, 2.05) is 0 Å². The van der Waals surface area contributed by atoms with Gasteiger partial charge in [0.05, 0.1) is 117 Å². The Kier molecular flexibility index (Phi) is 24.7. The lowest BCUT2D eigenvalue weighted by Crippen LogP contribution is -2.50. The zero-order valence-electron chi connectivity index (χ0n) is 32.8. The van der Waals surface area contributed by atoms with Gasteiger partial charge in [0.2, 0.25) is 0 Å². The van der Waals surface area contributed by atoms with Crippen LogP contribution in [0, 0.1) is 26.8 Å². The summed E-state index contributed by atoms with van der Waals surface area (Å²) in [5.41, 5.74) is -2.65. The molecule has 0 bridgehead atoms. The smallest absolute Gasteiger partial charge is 0.253 e. The lowest BCUT2D eigenvalue weighted by atomic mass is 9.89. The van der Waals surface area contributed by atoms with E-state index in [2.05, 4.69) is 31.9 Å². The van der Waals surface area contributed by atoms with E-state index < -0.39 is 130 Å². The fraction of sp³-hybridized carbons (Fsp3) is 0.486. The van der Waals surface area contributed by atoms with Crippen molar-refractivity contribution >= 4 is 182 Å². The second kappa shape index (κ2) is 26.7. The third kappa shape index (κ3) is 14.6. The summed E-state index contributed by atoms with van der Waals surface area (Å²) < 4.78 is 0.363. The molecule has 2 rings (SSSR count). The molecule has 2 aromatic carbocycles. The molecule has 0 spiro atoms. The van der Waals surface area contributed by atoms with Crippen molar-refractivity contribution in [3.8, 4) is 0 Å². The number of carbonyl (C=O) groups excluding carboxylic acids is 6. The Bertz CT molecular complexity index is 1910. The van der Waals surface area contributed by atoms with E-state index in [0.717, 1.165) is 0 Å². The molecule has 0 heterocycles. The van der Waals surface area contributed by atoms with Gasteiger partial charge in [-0.25, -0.2) is 0 Å². The summed E-state index contributed by atoms with van der Waals surface area (Å²) in [7, 11) is 0. The summed E-state index contributed by atoms with van der Waals surface area (Å²) in [6, 6.07) is -2.69. The molecule has 0 fully saturated rings. The molecule has 6 atom stereocenters. The van der Waals surface area contributed by atoms with Gasteiger partial charge >= 0.3 is 0 Å². The zero-order chi connectivity index (χ0) is 48.3. The number of benzene rings is 2. The molecule has 0 aromatic heterocycles. The average molecular weight is 1570 g/mol. The van der Waals surface area contributed by atoms with Crippen LogP contribution in [0.1, 0.15) is 55.3 Å². The summed E-state index contributed by atoms with van der Waals surface area (Å²) in [6.45, 7) is -3.61. The number of carbonyl (C=O) groups is 6. The Balaban J connectivity index is 2.64. The Labute approximate surface area is 441 Å². The highest BCUT2D eigenvalue weighted by atomic mass is 127.